The molecule has 2 amide bonds. The van der Waals surface area contributed by atoms with Gasteiger partial charge < -0.3 is 19.9 Å². The van der Waals surface area contributed by atoms with Crippen LogP contribution in [0.5, 0.6) is 0 Å². The minimum absolute atomic E-state index is 0.0146. The van der Waals surface area contributed by atoms with Crippen LogP contribution in [-0.4, -0.2) is 43.9 Å². The van der Waals surface area contributed by atoms with E-state index >= 15 is 0 Å². The molecule has 1 aromatic heterocycles. The molecule has 0 bridgehead atoms. The highest BCUT2D eigenvalue weighted by Gasteiger charge is 2.36. The second-order valence-electron chi connectivity index (χ2n) is 11.4. The smallest absolute Gasteiger partial charge is 0.306 e. The fraction of sp³-hybridized carbons (Fsp3) is 0.273. The SMILES string of the molecule is Cn1cc(-c2ccc3c(c2)CN(C(CCC(=O)OC(C)(C)C)C(N)=O)C3=O)nc1-c1ccc(-c2ccccc2)cc1. The lowest BCUT2D eigenvalue weighted by atomic mass is 10.0. The number of benzene rings is 3. The van der Waals surface area contributed by atoms with Crippen molar-refractivity contribution in [1.82, 2.24) is 14.5 Å². The summed E-state index contributed by atoms with van der Waals surface area (Å²) in [6.07, 6.45) is 2.05. The highest BCUT2D eigenvalue weighted by Crippen LogP contribution is 2.32. The fourth-order valence-corrected chi connectivity index (χ4v) is 5.17. The molecule has 2 N–H and O–H groups in total. The molecule has 1 atom stereocenters. The van der Waals surface area contributed by atoms with Crippen LogP contribution >= 0.6 is 0 Å². The zero-order valence-corrected chi connectivity index (χ0v) is 23.8. The third-order valence-electron chi connectivity index (χ3n) is 7.11. The maximum atomic E-state index is 13.2. The Labute approximate surface area is 239 Å². The average molecular weight is 551 g/mol. The molecule has 8 nitrogen and oxygen atoms in total. The number of esters is 1. The molecule has 0 saturated heterocycles. The Kier molecular flexibility index (Phi) is 7.49. The van der Waals surface area contributed by atoms with Gasteiger partial charge in [-0.2, -0.15) is 0 Å². The maximum absolute atomic E-state index is 13.2. The number of aromatic nitrogens is 2. The largest absolute Gasteiger partial charge is 0.460 e. The van der Waals surface area contributed by atoms with E-state index in [-0.39, 0.29) is 25.3 Å². The molecule has 8 heteroatoms. The molecule has 0 radical (unpaired) electrons. The fourth-order valence-electron chi connectivity index (χ4n) is 5.17. The number of amides is 2. The molecule has 0 saturated carbocycles. The van der Waals surface area contributed by atoms with Gasteiger partial charge in [0, 0.05) is 42.9 Å². The summed E-state index contributed by atoms with van der Waals surface area (Å²) in [4.78, 5) is 44.1. The van der Waals surface area contributed by atoms with Crippen LogP contribution in [0, 0.1) is 0 Å². The third-order valence-corrected chi connectivity index (χ3v) is 7.11. The summed E-state index contributed by atoms with van der Waals surface area (Å²) >= 11 is 0. The van der Waals surface area contributed by atoms with Crippen molar-refractivity contribution in [3.63, 3.8) is 0 Å². The van der Waals surface area contributed by atoms with E-state index in [1.54, 1.807) is 26.8 Å². The molecular weight excluding hydrogens is 516 g/mol. The van der Waals surface area contributed by atoms with Crippen LogP contribution in [0.3, 0.4) is 0 Å². The van der Waals surface area contributed by atoms with Crippen LogP contribution in [0.25, 0.3) is 33.8 Å². The topological polar surface area (TPSA) is 108 Å². The Balaban J connectivity index is 1.33. The summed E-state index contributed by atoms with van der Waals surface area (Å²) in [6.45, 7) is 5.56. The summed E-state index contributed by atoms with van der Waals surface area (Å²) in [5.41, 5.74) is 11.3. The number of nitrogens with two attached hydrogens (primary N) is 1. The van der Waals surface area contributed by atoms with Gasteiger partial charge in [0.1, 0.15) is 17.5 Å². The number of primary amides is 1. The first kappa shape index (κ1) is 27.8. The van der Waals surface area contributed by atoms with Gasteiger partial charge in [0.25, 0.3) is 5.91 Å². The van der Waals surface area contributed by atoms with Crippen molar-refractivity contribution in [2.45, 2.75) is 51.8 Å². The molecule has 210 valence electrons. The molecule has 2 heterocycles. The van der Waals surface area contributed by atoms with Crippen molar-refractivity contribution >= 4 is 17.8 Å². The van der Waals surface area contributed by atoms with Crippen LogP contribution < -0.4 is 5.73 Å². The van der Waals surface area contributed by atoms with E-state index in [4.69, 9.17) is 15.5 Å². The van der Waals surface area contributed by atoms with Gasteiger partial charge in [-0.3, -0.25) is 14.4 Å². The van der Waals surface area contributed by atoms with Crippen LogP contribution in [0.1, 0.15) is 49.5 Å². The average Bonchev–Trinajstić information content (AvgIpc) is 3.47. The number of carbonyl (C=O) groups excluding carboxylic acids is 3. The summed E-state index contributed by atoms with van der Waals surface area (Å²) in [5, 5.41) is 0. The summed E-state index contributed by atoms with van der Waals surface area (Å²) in [6, 6.07) is 23.2. The van der Waals surface area contributed by atoms with Gasteiger partial charge in [-0.05, 0) is 56.0 Å². The Morgan fingerprint density at radius 1 is 0.951 bits per heavy atom. The van der Waals surface area contributed by atoms with Crippen molar-refractivity contribution in [3.05, 3.63) is 90.1 Å². The first-order valence-electron chi connectivity index (χ1n) is 13.6. The number of nitrogens with zero attached hydrogens (tertiary/aromatic N) is 3. The number of carbonyl (C=O) groups is 3. The molecule has 1 aliphatic heterocycles. The van der Waals surface area contributed by atoms with Gasteiger partial charge in [0.05, 0.1) is 5.69 Å². The number of ether oxygens (including phenoxy) is 1. The van der Waals surface area contributed by atoms with E-state index in [2.05, 4.69) is 36.4 Å². The Morgan fingerprint density at radius 2 is 1.59 bits per heavy atom. The first-order valence-corrected chi connectivity index (χ1v) is 13.6. The molecule has 4 aromatic rings. The van der Waals surface area contributed by atoms with Crippen molar-refractivity contribution < 1.29 is 19.1 Å². The van der Waals surface area contributed by atoms with E-state index in [0.29, 0.717) is 5.56 Å². The van der Waals surface area contributed by atoms with Gasteiger partial charge in [-0.1, -0.05) is 60.7 Å². The van der Waals surface area contributed by atoms with E-state index in [1.165, 1.54) is 4.90 Å². The predicted octanol–water partition coefficient (Wildman–Crippen LogP) is 5.35. The maximum Gasteiger partial charge on any atom is 0.306 e. The Bertz CT molecular complexity index is 1600. The predicted molar refractivity (Wildman–Crippen MR) is 157 cm³/mol. The molecular formula is C33H34N4O4. The zero-order valence-electron chi connectivity index (χ0n) is 23.8. The first-order chi connectivity index (χ1) is 19.5. The number of hydrogen-bond acceptors (Lipinski definition) is 5. The molecule has 1 unspecified atom stereocenters. The molecule has 1 aliphatic rings. The lowest BCUT2D eigenvalue weighted by Crippen LogP contribution is -2.45. The highest BCUT2D eigenvalue weighted by atomic mass is 16.6. The molecule has 0 spiro atoms. The third kappa shape index (κ3) is 6.06. The van der Waals surface area contributed by atoms with E-state index in [9.17, 15) is 14.4 Å². The lowest BCUT2D eigenvalue weighted by Gasteiger charge is -2.25. The zero-order chi connectivity index (χ0) is 29.3. The standard InChI is InChI=1S/C33H34N4O4/c1-33(2,3)41-29(38)17-16-28(30(34)39)37-19-25-18-24(14-15-26(25)32(37)40)27-20-36(4)31(35-27)23-12-10-22(11-13-23)21-8-6-5-7-9-21/h5-15,18,20,28H,16-17,19H2,1-4H3,(H2,34,39). The number of imidazole rings is 1. The van der Waals surface area contributed by atoms with E-state index in [1.807, 2.05) is 48.1 Å². The lowest BCUT2D eigenvalue weighted by molar-refractivity contribution is -0.155. The van der Waals surface area contributed by atoms with Crippen LogP contribution in [-0.2, 0) is 27.9 Å². The Morgan fingerprint density at radius 3 is 2.24 bits per heavy atom. The number of fused-ring (bicyclic) bond motifs is 1. The van der Waals surface area contributed by atoms with Gasteiger partial charge in [-0.25, -0.2) is 4.98 Å². The van der Waals surface area contributed by atoms with E-state index in [0.717, 1.165) is 39.3 Å². The summed E-state index contributed by atoms with van der Waals surface area (Å²) in [5.74, 6) is -0.535. The van der Waals surface area contributed by atoms with Gasteiger partial charge in [0.2, 0.25) is 5.91 Å². The number of rotatable bonds is 8. The minimum Gasteiger partial charge on any atom is -0.460 e. The molecule has 5 rings (SSSR count). The second kappa shape index (κ2) is 11.0. The Hall–Kier alpha value is -4.72. The van der Waals surface area contributed by atoms with Crippen LogP contribution in [0.2, 0.25) is 0 Å². The van der Waals surface area contributed by atoms with Crippen molar-refractivity contribution in [1.29, 1.82) is 0 Å². The normalized spacial score (nSPS) is 13.7. The summed E-state index contributed by atoms with van der Waals surface area (Å²) < 4.78 is 7.33. The molecule has 3 aromatic carbocycles. The molecule has 0 fully saturated rings. The van der Waals surface area contributed by atoms with Gasteiger partial charge in [-0.15, -0.1) is 0 Å². The minimum atomic E-state index is -0.911. The number of hydrogen-bond donors (Lipinski definition) is 1. The number of aryl methyl sites for hydroxylation is 1. The van der Waals surface area contributed by atoms with Crippen molar-refractivity contribution in [2.24, 2.45) is 12.8 Å². The van der Waals surface area contributed by atoms with Crippen LogP contribution in [0.15, 0.2) is 79.0 Å². The van der Waals surface area contributed by atoms with Crippen molar-refractivity contribution in [2.75, 3.05) is 0 Å². The quantitative estimate of drug-likeness (QED) is 0.298. The van der Waals surface area contributed by atoms with Gasteiger partial charge in [0.15, 0.2) is 0 Å². The summed E-state index contributed by atoms with van der Waals surface area (Å²) in [7, 11) is 1.96. The van der Waals surface area contributed by atoms with Crippen LogP contribution in [0.4, 0.5) is 0 Å². The van der Waals surface area contributed by atoms with Crippen molar-refractivity contribution in [3.8, 4) is 33.8 Å². The molecule has 41 heavy (non-hydrogen) atoms. The monoisotopic (exact) mass is 550 g/mol. The van der Waals surface area contributed by atoms with E-state index < -0.39 is 23.5 Å². The second-order valence-corrected chi connectivity index (χ2v) is 11.4. The highest BCUT2D eigenvalue weighted by molar-refractivity contribution is 6.01. The molecule has 0 aliphatic carbocycles. The van der Waals surface area contributed by atoms with Gasteiger partial charge >= 0.3 is 5.97 Å².